The number of likely N-dealkylation sites (N-methyl/N-ethyl adjacent to an activating group) is 1. The van der Waals surface area contributed by atoms with Gasteiger partial charge < -0.3 is 9.64 Å². The molecule has 1 rings (SSSR count). The maximum absolute atomic E-state index is 12.5. The molecule has 0 unspecified atom stereocenters. The molecule has 1 amide bonds. The summed E-state index contributed by atoms with van der Waals surface area (Å²) in [6.07, 6.45) is 0.513. The summed E-state index contributed by atoms with van der Waals surface area (Å²) in [6.45, 7) is -2.10. The van der Waals surface area contributed by atoms with E-state index in [0.29, 0.717) is 5.69 Å². The molecular weight excluding hydrogens is 282 g/mol. The molecule has 0 saturated heterocycles. The lowest BCUT2D eigenvalue weighted by atomic mass is 10.4. The van der Waals surface area contributed by atoms with Crippen LogP contribution in [0, 0.1) is 0 Å². The van der Waals surface area contributed by atoms with Crippen molar-refractivity contribution in [1.82, 2.24) is 14.9 Å². The van der Waals surface area contributed by atoms with Gasteiger partial charge in [-0.2, -0.15) is 8.78 Å². The number of nitrogens with zero attached hydrogens (tertiary/aromatic N) is 3. The van der Waals surface area contributed by atoms with Crippen molar-refractivity contribution in [2.24, 2.45) is 0 Å². The van der Waals surface area contributed by atoms with E-state index in [0.717, 1.165) is 0 Å². The first kappa shape index (κ1) is 16.3. The maximum Gasteiger partial charge on any atom is 0.330 e. The predicted octanol–water partition coefficient (Wildman–Crippen LogP) is 1.35. The Balaban J connectivity index is 2.36. The lowest BCUT2D eigenvalue weighted by Gasteiger charge is -2.18. The first-order chi connectivity index (χ1) is 9.33. The fourth-order valence-corrected chi connectivity index (χ4v) is 1.19. The molecule has 0 aliphatic carbocycles. The zero-order valence-electron chi connectivity index (χ0n) is 10.6. The molecule has 1 aromatic rings. The fraction of sp³-hybridized carbons (Fsp3) is 0.545. The van der Waals surface area contributed by atoms with E-state index in [1.807, 2.05) is 0 Å². The van der Waals surface area contributed by atoms with Gasteiger partial charge in [-0.05, 0) is 0 Å². The van der Waals surface area contributed by atoms with Gasteiger partial charge in [0.15, 0.2) is 0 Å². The van der Waals surface area contributed by atoms with Crippen LogP contribution in [-0.4, -0.2) is 53.4 Å². The molecular formula is C11H13F4N3O2. The largest absolute Gasteiger partial charge is 0.365 e. The molecule has 0 aromatic carbocycles. The number of carbonyl (C=O) groups excluding carboxylic acids is 1. The molecule has 112 valence electrons. The minimum atomic E-state index is -4.26. The number of halogens is 4. The molecule has 9 heteroatoms. The van der Waals surface area contributed by atoms with Crippen molar-refractivity contribution in [3.63, 3.8) is 0 Å². The van der Waals surface area contributed by atoms with Gasteiger partial charge in [0.2, 0.25) is 5.91 Å². The minimum absolute atomic E-state index is 0.112. The molecule has 1 heterocycles. The number of ether oxygens (including phenoxy) is 1. The number of alkyl halides is 4. The number of rotatable bonds is 7. The van der Waals surface area contributed by atoms with Gasteiger partial charge >= 0.3 is 12.3 Å². The van der Waals surface area contributed by atoms with E-state index in [1.165, 1.54) is 30.5 Å². The van der Waals surface area contributed by atoms with Gasteiger partial charge in [0, 0.05) is 19.4 Å². The van der Waals surface area contributed by atoms with E-state index in [1.54, 1.807) is 0 Å². The molecule has 0 bridgehead atoms. The van der Waals surface area contributed by atoms with Crippen LogP contribution >= 0.6 is 0 Å². The second-order valence-electron chi connectivity index (χ2n) is 4.00. The number of aromatic nitrogens is 2. The Hall–Kier alpha value is -1.77. The molecule has 0 aliphatic rings. The van der Waals surface area contributed by atoms with Gasteiger partial charge in [-0.3, -0.25) is 14.8 Å². The van der Waals surface area contributed by atoms with Crippen molar-refractivity contribution in [3.05, 3.63) is 24.3 Å². The molecule has 1 aromatic heterocycles. The van der Waals surface area contributed by atoms with E-state index in [-0.39, 0.29) is 6.54 Å². The van der Waals surface area contributed by atoms with Crippen molar-refractivity contribution in [1.29, 1.82) is 0 Å². The summed E-state index contributed by atoms with van der Waals surface area (Å²) < 4.78 is 53.1. The van der Waals surface area contributed by atoms with Crippen molar-refractivity contribution < 1.29 is 27.1 Å². The Labute approximate surface area is 112 Å². The van der Waals surface area contributed by atoms with Gasteiger partial charge in [-0.25, -0.2) is 8.78 Å². The number of carbonyl (C=O) groups is 1. The summed E-state index contributed by atoms with van der Waals surface area (Å²) in [5.74, 6) is -4.88. The monoisotopic (exact) mass is 295 g/mol. The lowest BCUT2D eigenvalue weighted by molar-refractivity contribution is -0.170. The molecule has 0 saturated carbocycles. The van der Waals surface area contributed by atoms with Crippen LogP contribution in [0.3, 0.4) is 0 Å². The lowest BCUT2D eigenvalue weighted by Crippen LogP contribution is -2.36. The minimum Gasteiger partial charge on any atom is -0.365 e. The predicted molar refractivity (Wildman–Crippen MR) is 60.3 cm³/mol. The third-order valence-corrected chi connectivity index (χ3v) is 2.28. The van der Waals surface area contributed by atoms with Crippen LogP contribution in [0.4, 0.5) is 17.6 Å². The van der Waals surface area contributed by atoms with Crippen molar-refractivity contribution in [2.75, 3.05) is 20.3 Å². The van der Waals surface area contributed by atoms with Crippen molar-refractivity contribution in [2.45, 2.75) is 18.9 Å². The second kappa shape index (κ2) is 7.13. The summed E-state index contributed by atoms with van der Waals surface area (Å²) in [5.41, 5.74) is 0.501. The molecule has 0 N–H and O–H groups in total. The topological polar surface area (TPSA) is 55.3 Å². The summed E-state index contributed by atoms with van der Waals surface area (Å²) in [7, 11) is 1.41. The SMILES string of the molecule is CN(Cc1cnccn1)C(=O)COCC(F)(F)C(F)F. The van der Waals surface area contributed by atoms with E-state index in [9.17, 15) is 22.4 Å². The summed E-state index contributed by atoms with van der Waals surface area (Å²) in [6, 6.07) is 0. The van der Waals surface area contributed by atoms with Crippen LogP contribution in [0.5, 0.6) is 0 Å². The second-order valence-corrected chi connectivity index (χ2v) is 4.00. The smallest absolute Gasteiger partial charge is 0.330 e. The van der Waals surface area contributed by atoms with E-state index >= 15 is 0 Å². The van der Waals surface area contributed by atoms with Crippen molar-refractivity contribution in [3.8, 4) is 0 Å². The van der Waals surface area contributed by atoms with Gasteiger partial charge in [0.1, 0.15) is 13.2 Å². The quantitative estimate of drug-likeness (QED) is 0.713. The fourth-order valence-electron chi connectivity index (χ4n) is 1.19. The zero-order chi connectivity index (χ0) is 15.2. The maximum atomic E-state index is 12.5. The highest BCUT2D eigenvalue weighted by Gasteiger charge is 2.41. The molecule has 0 atom stereocenters. The highest BCUT2D eigenvalue weighted by atomic mass is 19.3. The highest BCUT2D eigenvalue weighted by Crippen LogP contribution is 2.22. The van der Waals surface area contributed by atoms with E-state index in [4.69, 9.17) is 0 Å². The van der Waals surface area contributed by atoms with Gasteiger partial charge in [0.05, 0.1) is 18.4 Å². The van der Waals surface area contributed by atoms with Crippen LogP contribution < -0.4 is 0 Å². The summed E-state index contributed by atoms with van der Waals surface area (Å²) in [5, 5.41) is 0. The van der Waals surface area contributed by atoms with Gasteiger partial charge in [-0.15, -0.1) is 0 Å². The summed E-state index contributed by atoms with van der Waals surface area (Å²) >= 11 is 0. The molecule has 0 fully saturated rings. The molecule has 0 aliphatic heterocycles. The van der Waals surface area contributed by atoms with Gasteiger partial charge in [0.25, 0.3) is 0 Å². The third kappa shape index (κ3) is 5.08. The van der Waals surface area contributed by atoms with Crippen LogP contribution in [0.25, 0.3) is 0 Å². The van der Waals surface area contributed by atoms with Crippen molar-refractivity contribution >= 4 is 5.91 Å². The number of amides is 1. The van der Waals surface area contributed by atoms with Crippen LogP contribution in [-0.2, 0) is 16.1 Å². The first-order valence-electron chi connectivity index (χ1n) is 5.55. The summed E-state index contributed by atoms with van der Waals surface area (Å²) in [4.78, 5) is 20.4. The molecule has 0 radical (unpaired) electrons. The number of hydrogen-bond donors (Lipinski definition) is 0. The standard InChI is InChI=1S/C11H13F4N3O2/c1-18(5-8-4-16-2-3-17-8)9(19)6-20-7-11(14,15)10(12)13/h2-4,10H,5-7H2,1H3. The van der Waals surface area contributed by atoms with Gasteiger partial charge in [-0.1, -0.05) is 0 Å². The zero-order valence-corrected chi connectivity index (χ0v) is 10.6. The normalized spacial score (nSPS) is 11.7. The van der Waals surface area contributed by atoms with Crippen LogP contribution in [0.2, 0.25) is 0 Å². The average molecular weight is 295 g/mol. The molecule has 0 spiro atoms. The Morgan fingerprint density at radius 3 is 2.70 bits per heavy atom. The van der Waals surface area contributed by atoms with Crippen LogP contribution in [0.15, 0.2) is 18.6 Å². The first-order valence-corrected chi connectivity index (χ1v) is 5.55. The Bertz CT molecular complexity index is 431. The molecule has 20 heavy (non-hydrogen) atoms. The Morgan fingerprint density at radius 2 is 2.15 bits per heavy atom. The van der Waals surface area contributed by atoms with Crippen LogP contribution in [0.1, 0.15) is 5.69 Å². The average Bonchev–Trinajstić information content (AvgIpc) is 2.39. The Morgan fingerprint density at radius 1 is 1.45 bits per heavy atom. The number of hydrogen-bond acceptors (Lipinski definition) is 4. The Kier molecular flexibility index (Phi) is 5.81. The third-order valence-electron chi connectivity index (χ3n) is 2.28. The highest BCUT2D eigenvalue weighted by molar-refractivity contribution is 5.77. The van der Waals surface area contributed by atoms with E-state index < -0.39 is 31.5 Å². The molecule has 5 nitrogen and oxygen atoms in total. The van der Waals surface area contributed by atoms with E-state index in [2.05, 4.69) is 14.7 Å².